The topological polar surface area (TPSA) is 83.5 Å². The van der Waals surface area contributed by atoms with Gasteiger partial charge in [0.25, 0.3) is 0 Å². The molecule has 0 aliphatic rings. The van der Waals surface area contributed by atoms with Gasteiger partial charge in [-0.05, 0) is 18.4 Å². The van der Waals surface area contributed by atoms with Crippen LogP contribution in [0.3, 0.4) is 0 Å². The van der Waals surface area contributed by atoms with Crippen LogP contribution in [0, 0.1) is 0 Å². The molecular formula is C6H17NO3S2. The largest absolute Gasteiger partial charge is 0.480 e. The standard InChI is InChI=1S/C5H11NO2S.CH4O.H2S/c1-9-3-2-4(6)5(7)8;1-2;/h4H,2-3,6H2,1H3,(H,7,8);2H,1H3;1H2. The van der Waals surface area contributed by atoms with Gasteiger partial charge in [0.15, 0.2) is 0 Å². The van der Waals surface area contributed by atoms with E-state index in [4.69, 9.17) is 15.9 Å². The molecule has 0 saturated carbocycles. The molecule has 0 fully saturated rings. The summed E-state index contributed by atoms with van der Waals surface area (Å²) in [6.45, 7) is 0. The van der Waals surface area contributed by atoms with Gasteiger partial charge in [0.1, 0.15) is 6.04 Å². The van der Waals surface area contributed by atoms with E-state index in [1.165, 1.54) is 0 Å². The van der Waals surface area contributed by atoms with Crippen LogP contribution in [-0.4, -0.2) is 41.3 Å². The number of aliphatic hydroxyl groups excluding tert-OH is 1. The van der Waals surface area contributed by atoms with Gasteiger partial charge in [0.2, 0.25) is 0 Å². The summed E-state index contributed by atoms with van der Waals surface area (Å²) >= 11 is 1.60. The minimum Gasteiger partial charge on any atom is -0.480 e. The SMILES string of the molecule is CO.CSCCC(N)C(=O)O.S. The van der Waals surface area contributed by atoms with Crippen molar-refractivity contribution in [1.82, 2.24) is 0 Å². The summed E-state index contributed by atoms with van der Waals surface area (Å²) in [5, 5.41) is 15.3. The summed E-state index contributed by atoms with van der Waals surface area (Å²) in [4.78, 5) is 10.1. The van der Waals surface area contributed by atoms with E-state index in [-0.39, 0.29) is 13.5 Å². The number of carboxylic acid groups (broad SMARTS) is 1. The molecule has 0 aliphatic heterocycles. The highest BCUT2D eigenvalue weighted by Gasteiger charge is 2.08. The first-order valence-electron chi connectivity index (χ1n) is 3.10. The van der Waals surface area contributed by atoms with Crippen LogP contribution in [0.1, 0.15) is 6.42 Å². The molecule has 0 aromatic rings. The van der Waals surface area contributed by atoms with Crippen molar-refractivity contribution < 1.29 is 15.0 Å². The molecule has 0 aliphatic carbocycles. The zero-order chi connectivity index (χ0) is 9.28. The number of rotatable bonds is 4. The number of thioether (sulfide) groups is 1. The molecule has 0 aromatic carbocycles. The molecule has 0 aromatic heterocycles. The fourth-order valence-corrected chi connectivity index (χ4v) is 0.858. The van der Waals surface area contributed by atoms with Crippen LogP contribution in [-0.2, 0) is 4.79 Å². The molecule has 76 valence electrons. The maximum atomic E-state index is 10.1. The Bertz CT molecular complexity index is 103. The number of carbonyl (C=O) groups is 1. The lowest BCUT2D eigenvalue weighted by Crippen LogP contribution is -2.30. The number of hydrogen-bond donors (Lipinski definition) is 3. The van der Waals surface area contributed by atoms with Crippen molar-refractivity contribution in [3.05, 3.63) is 0 Å². The zero-order valence-electron chi connectivity index (χ0n) is 7.28. The number of hydrogen-bond acceptors (Lipinski definition) is 4. The lowest BCUT2D eigenvalue weighted by atomic mass is 10.2. The summed E-state index contributed by atoms with van der Waals surface area (Å²) in [5.74, 6) is -0.1000. The summed E-state index contributed by atoms with van der Waals surface area (Å²) in [7, 11) is 1.00. The second kappa shape index (κ2) is 13.7. The van der Waals surface area contributed by atoms with Crippen LogP contribution in [0.15, 0.2) is 0 Å². The van der Waals surface area contributed by atoms with Crippen LogP contribution in [0.2, 0.25) is 0 Å². The van der Waals surface area contributed by atoms with Crippen molar-refractivity contribution in [2.45, 2.75) is 12.5 Å². The van der Waals surface area contributed by atoms with E-state index < -0.39 is 12.0 Å². The average Bonchev–Trinajstić information content (AvgIpc) is 2.03. The van der Waals surface area contributed by atoms with Gasteiger partial charge < -0.3 is 15.9 Å². The second-order valence-corrected chi connectivity index (χ2v) is 2.71. The Hall–Kier alpha value is 0.0900. The molecule has 1 atom stereocenters. The molecule has 0 bridgehead atoms. The number of aliphatic carboxylic acids is 1. The lowest BCUT2D eigenvalue weighted by molar-refractivity contribution is -0.138. The van der Waals surface area contributed by atoms with Gasteiger partial charge >= 0.3 is 5.97 Å². The van der Waals surface area contributed by atoms with Gasteiger partial charge in [-0.15, -0.1) is 0 Å². The van der Waals surface area contributed by atoms with Crippen molar-refractivity contribution >= 4 is 31.2 Å². The summed E-state index contributed by atoms with van der Waals surface area (Å²) < 4.78 is 0. The normalized spacial score (nSPS) is 10.3. The molecule has 4 nitrogen and oxygen atoms in total. The fraction of sp³-hybridized carbons (Fsp3) is 0.833. The molecule has 12 heavy (non-hydrogen) atoms. The molecule has 0 rings (SSSR count). The minimum absolute atomic E-state index is 0. The van der Waals surface area contributed by atoms with E-state index in [1.807, 2.05) is 6.26 Å². The third-order valence-electron chi connectivity index (χ3n) is 0.950. The van der Waals surface area contributed by atoms with Crippen LogP contribution in [0.4, 0.5) is 0 Å². The van der Waals surface area contributed by atoms with Crippen molar-refractivity contribution in [2.75, 3.05) is 19.1 Å². The van der Waals surface area contributed by atoms with Crippen LogP contribution in [0.25, 0.3) is 0 Å². The molecule has 0 radical (unpaired) electrons. The maximum Gasteiger partial charge on any atom is 0.320 e. The van der Waals surface area contributed by atoms with Crippen molar-refractivity contribution in [3.63, 3.8) is 0 Å². The lowest BCUT2D eigenvalue weighted by Gasteiger charge is -2.02. The highest BCUT2D eigenvalue weighted by molar-refractivity contribution is 7.98. The third kappa shape index (κ3) is 12.7. The molecule has 6 heteroatoms. The van der Waals surface area contributed by atoms with E-state index in [1.54, 1.807) is 11.8 Å². The number of aliphatic hydroxyl groups is 1. The quantitative estimate of drug-likeness (QED) is 0.608. The van der Waals surface area contributed by atoms with Gasteiger partial charge in [0, 0.05) is 7.11 Å². The van der Waals surface area contributed by atoms with Gasteiger partial charge in [0.05, 0.1) is 0 Å². The van der Waals surface area contributed by atoms with Crippen LogP contribution in [0.5, 0.6) is 0 Å². The molecule has 1 unspecified atom stereocenters. The first-order chi connectivity index (χ1) is 5.18. The Balaban J connectivity index is -0.000000249. The average molecular weight is 215 g/mol. The van der Waals surface area contributed by atoms with Crippen molar-refractivity contribution in [2.24, 2.45) is 5.73 Å². The van der Waals surface area contributed by atoms with Gasteiger partial charge in [-0.25, -0.2) is 0 Å². The minimum atomic E-state index is -0.913. The third-order valence-corrected chi connectivity index (χ3v) is 1.59. The summed E-state index contributed by atoms with van der Waals surface area (Å²) in [5.41, 5.74) is 5.19. The Morgan fingerprint density at radius 3 is 2.25 bits per heavy atom. The number of carboxylic acids is 1. The first-order valence-corrected chi connectivity index (χ1v) is 4.50. The predicted octanol–water partition coefficient (Wildman–Crippen LogP) is -0.127. The Kier molecular flexibility index (Phi) is 20.5. The molecule has 0 heterocycles. The monoisotopic (exact) mass is 215 g/mol. The van der Waals surface area contributed by atoms with Crippen LogP contribution >= 0.6 is 25.3 Å². The van der Waals surface area contributed by atoms with Crippen LogP contribution < -0.4 is 5.73 Å². The van der Waals surface area contributed by atoms with Crippen molar-refractivity contribution in [1.29, 1.82) is 0 Å². The highest BCUT2D eigenvalue weighted by atomic mass is 32.2. The van der Waals surface area contributed by atoms with E-state index in [0.29, 0.717) is 6.42 Å². The highest BCUT2D eigenvalue weighted by Crippen LogP contribution is 1.97. The van der Waals surface area contributed by atoms with E-state index >= 15 is 0 Å². The molecule has 0 spiro atoms. The Morgan fingerprint density at radius 2 is 2.00 bits per heavy atom. The van der Waals surface area contributed by atoms with Gasteiger partial charge in [-0.2, -0.15) is 25.3 Å². The second-order valence-electron chi connectivity index (χ2n) is 1.73. The molecule has 0 amide bonds. The molecule has 4 N–H and O–H groups in total. The summed E-state index contributed by atoms with van der Waals surface area (Å²) in [6, 6.07) is -0.683. The fourth-order valence-electron chi connectivity index (χ4n) is 0.368. The Morgan fingerprint density at radius 1 is 1.58 bits per heavy atom. The van der Waals surface area contributed by atoms with E-state index in [0.717, 1.165) is 12.9 Å². The van der Waals surface area contributed by atoms with Gasteiger partial charge in [-0.3, -0.25) is 4.79 Å². The first kappa shape index (κ1) is 18.0. The Labute approximate surface area is 84.0 Å². The van der Waals surface area contributed by atoms with Gasteiger partial charge in [-0.1, -0.05) is 0 Å². The molecular weight excluding hydrogens is 198 g/mol. The van der Waals surface area contributed by atoms with E-state index in [9.17, 15) is 4.79 Å². The summed E-state index contributed by atoms with van der Waals surface area (Å²) in [6.07, 6.45) is 2.48. The zero-order valence-corrected chi connectivity index (χ0v) is 9.10. The smallest absolute Gasteiger partial charge is 0.320 e. The predicted molar refractivity (Wildman–Crippen MR) is 57.1 cm³/mol. The molecule has 0 saturated heterocycles. The van der Waals surface area contributed by atoms with Crippen molar-refractivity contribution in [3.8, 4) is 0 Å². The van der Waals surface area contributed by atoms with E-state index in [2.05, 4.69) is 0 Å². The number of nitrogens with two attached hydrogens (primary N) is 1. The maximum absolute atomic E-state index is 10.1.